The summed E-state index contributed by atoms with van der Waals surface area (Å²) in [4.78, 5) is 23.1. The van der Waals surface area contributed by atoms with Crippen molar-refractivity contribution in [2.45, 2.75) is 26.8 Å². The molecule has 1 aromatic carbocycles. The highest BCUT2D eigenvalue weighted by molar-refractivity contribution is 14.1. The maximum atomic E-state index is 11.9. The van der Waals surface area contributed by atoms with Crippen LogP contribution in [0.25, 0.3) is 0 Å². The van der Waals surface area contributed by atoms with Gasteiger partial charge in [-0.3, -0.25) is 4.79 Å². The SMILES string of the molecule is CC(C)(C)[C@@H](NC(=O)c1ccc(I)cc1)C(=O)O. The maximum Gasteiger partial charge on any atom is 0.326 e. The molecule has 0 aliphatic heterocycles. The average Bonchev–Trinajstić information content (AvgIpc) is 2.24. The number of nitrogens with one attached hydrogen (secondary N) is 1. The zero-order chi connectivity index (χ0) is 13.9. The summed E-state index contributed by atoms with van der Waals surface area (Å²) in [5.74, 6) is -1.39. The molecule has 2 N–H and O–H groups in total. The topological polar surface area (TPSA) is 66.4 Å². The number of halogens is 1. The van der Waals surface area contributed by atoms with Crippen molar-refractivity contribution in [2.75, 3.05) is 0 Å². The zero-order valence-electron chi connectivity index (χ0n) is 10.5. The molecule has 0 fully saturated rings. The predicted octanol–water partition coefficient (Wildman–Crippen LogP) is 2.52. The number of carboxylic acids is 1. The van der Waals surface area contributed by atoms with E-state index >= 15 is 0 Å². The van der Waals surface area contributed by atoms with E-state index in [9.17, 15) is 9.59 Å². The lowest BCUT2D eigenvalue weighted by Crippen LogP contribution is -2.49. The number of hydrogen-bond acceptors (Lipinski definition) is 2. The fraction of sp³-hybridized carbons (Fsp3) is 0.385. The lowest BCUT2D eigenvalue weighted by molar-refractivity contribution is -0.142. The van der Waals surface area contributed by atoms with Gasteiger partial charge in [-0.05, 0) is 52.3 Å². The largest absolute Gasteiger partial charge is 0.480 e. The second-order valence-corrected chi connectivity index (χ2v) is 6.36. The average molecular weight is 361 g/mol. The molecule has 1 atom stereocenters. The Bertz CT molecular complexity index is 448. The van der Waals surface area contributed by atoms with E-state index in [2.05, 4.69) is 27.9 Å². The van der Waals surface area contributed by atoms with Crippen LogP contribution in [0.3, 0.4) is 0 Å². The van der Waals surface area contributed by atoms with Gasteiger partial charge in [-0.25, -0.2) is 4.79 Å². The van der Waals surface area contributed by atoms with Crippen molar-refractivity contribution in [2.24, 2.45) is 5.41 Å². The van der Waals surface area contributed by atoms with Gasteiger partial charge < -0.3 is 10.4 Å². The van der Waals surface area contributed by atoms with Gasteiger partial charge in [-0.2, -0.15) is 0 Å². The quantitative estimate of drug-likeness (QED) is 0.814. The summed E-state index contributed by atoms with van der Waals surface area (Å²) in [5, 5.41) is 11.7. The summed E-state index contributed by atoms with van der Waals surface area (Å²) in [6.07, 6.45) is 0. The van der Waals surface area contributed by atoms with Gasteiger partial charge in [0.1, 0.15) is 6.04 Å². The molecule has 0 aliphatic carbocycles. The number of rotatable bonds is 3. The highest BCUT2D eigenvalue weighted by Gasteiger charge is 2.32. The highest BCUT2D eigenvalue weighted by Crippen LogP contribution is 2.20. The Morgan fingerprint density at radius 1 is 1.22 bits per heavy atom. The lowest BCUT2D eigenvalue weighted by atomic mass is 9.86. The van der Waals surface area contributed by atoms with Crippen LogP contribution >= 0.6 is 22.6 Å². The Balaban J connectivity index is 2.86. The Labute approximate surface area is 120 Å². The summed E-state index contributed by atoms with van der Waals surface area (Å²) >= 11 is 2.14. The molecule has 0 radical (unpaired) electrons. The highest BCUT2D eigenvalue weighted by atomic mass is 127. The van der Waals surface area contributed by atoms with E-state index in [4.69, 9.17) is 5.11 Å². The standard InChI is InChI=1S/C13H16INO3/c1-13(2,3)10(12(17)18)15-11(16)8-4-6-9(14)7-5-8/h4-7,10H,1-3H3,(H,15,16)(H,17,18)/t10-/m0/s1. The van der Waals surface area contributed by atoms with Crippen LogP contribution in [0.2, 0.25) is 0 Å². The van der Waals surface area contributed by atoms with E-state index < -0.39 is 17.4 Å². The number of amides is 1. The van der Waals surface area contributed by atoms with Crippen molar-refractivity contribution < 1.29 is 14.7 Å². The van der Waals surface area contributed by atoms with Crippen LogP contribution < -0.4 is 5.32 Å². The molecule has 0 unspecified atom stereocenters. The van der Waals surface area contributed by atoms with Gasteiger partial charge in [0.15, 0.2) is 0 Å². The van der Waals surface area contributed by atoms with Crippen LogP contribution in [0.15, 0.2) is 24.3 Å². The Kier molecular flexibility index (Phi) is 4.72. The number of carbonyl (C=O) groups excluding carboxylic acids is 1. The second kappa shape index (κ2) is 5.69. The van der Waals surface area contributed by atoms with Crippen molar-refractivity contribution in [1.29, 1.82) is 0 Å². The summed E-state index contributed by atoms with van der Waals surface area (Å²) in [6.45, 7) is 5.33. The first-order valence-corrected chi connectivity index (χ1v) is 6.59. The van der Waals surface area contributed by atoms with Crippen molar-refractivity contribution in [3.63, 3.8) is 0 Å². The van der Waals surface area contributed by atoms with Gasteiger partial charge in [0.05, 0.1) is 0 Å². The number of aliphatic carboxylic acids is 1. The number of hydrogen-bond donors (Lipinski definition) is 2. The first-order valence-electron chi connectivity index (χ1n) is 5.51. The first kappa shape index (κ1) is 14.9. The summed E-state index contributed by atoms with van der Waals surface area (Å²) in [7, 11) is 0. The number of benzene rings is 1. The van der Waals surface area contributed by atoms with E-state index in [0.717, 1.165) is 3.57 Å². The molecule has 4 nitrogen and oxygen atoms in total. The van der Waals surface area contributed by atoms with E-state index in [0.29, 0.717) is 5.56 Å². The van der Waals surface area contributed by atoms with Gasteiger partial charge in [-0.15, -0.1) is 0 Å². The van der Waals surface area contributed by atoms with E-state index in [-0.39, 0.29) is 5.91 Å². The zero-order valence-corrected chi connectivity index (χ0v) is 12.7. The summed E-state index contributed by atoms with van der Waals surface area (Å²) in [6, 6.07) is 6.06. The predicted molar refractivity (Wildman–Crippen MR) is 77.5 cm³/mol. The normalized spacial score (nSPS) is 12.9. The van der Waals surface area contributed by atoms with Gasteiger partial charge in [0.2, 0.25) is 0 Å². The number of carbonyl (C=O) groups is 2. The molecule has 1 amide bonds. The van der Waals surface area contributed by atoms with E-state index in [1.807, 2.05) is 12.1 Å². The monoisotopic (exact) mass is 361 g/mol. The number of carboxylic acid groups (broad SMARTS) is 1. The fourth-order valence-electron chi connectivity index (χ4n) is 1.46. The van der Waals surface area contributed by atoms with E-state index in [1.54, 1.807) is 32.9 Å². The maximum absolute atomic E-state index is 11.9. The van der Waals surface area contributed by atoms with Crippen LogP contribution in [0.4, 0.5) is 0 Å². The molecular weight excluding hydrogens is 345 g/mol. The van der Waals surface area contributed by atoms with Gasteiger partial charge in [0, 0.05) is 9.13 Å². The molecule has 5 heteroatoms. The van der Waals surface area contributed by atoms with Crippen molar-refractivity contribution in [3.8, 4) is 0 Å². The molecule has 1 aromatic rings. The molecule has 18 heavy (non-hydrogen) atoms. The van der Waals surface area contributed by atoms with Crippen LogP contribution in [-0.4, -0.2) is 23.0 Å². The van der Waals surface area contributed by atoms with Gasteiger partial charge >= 0.3 is 5.97 Å². The van der Waals surface area contributed by atoms with Gasteiger partial charge in [-0.1, -0.05) is 20.8 Å². The molecule has 0 aliphatic rings. The molecule has 0 aromatic heterocycles. The molecule has 98 valence electrons. The minimum atomic E-state index is -1.03. The van der Waals surface area contributed by atoms with Crippen molar-refractivity contribution >= 4 is 34.5 Å². The van der Waals surface area contributed by atoms with Crippen LogP contribution in [-0.2, 0) is 4.79 Å². The van der Waals surface area contributed by atoms with Crippen LogP contribution in [0.1, 0.15) is 31.1 Å². The second-order valence-electron chi connectivity index (χ2n) is 5.12. The third-order valence-corrected chi connectivity index (χ3v) is 3.21. The molecule has 0 saturated carbocycles. The van der Waals surface area contributed by atoms with Crippen molar-refractivity contribution in [3.05, 3.63) is 33.4 Å². The van der Waals surface area contributed by atoms with Crippen LogP contribution in [0, 0.1) is 8.99 Å². The molecule has 1 rings (SSSR count). The fourth-order valence-corrected chi connectivity index (χ4v) is 1.82. The van der Waals surface area contributed by atoms with Gasteiger partial charge in [0.25, 0.3) is 5.91 Å². The third-order valence-electron chi connectivity index (χ3n) is 2.49. The lowest BCUT2D eigenvalue weighted by Gasteiger charge is -2.27. The minimum Gasteiger partial charge on any atom is -0.480 e. The minimum absolute atomic E-state index is 0.367. The Hall–Kier alpha value is -1.11. The molecule has 0 spiro atoms. The molecular formula is C13H16INO3. The first-order chi connectivity index (χ1) is 8.21. The van der Waals surface area contributed by atoms with Crippen molar-refractivity contribution in [1.82, 2.24) is 5.32 Å². The Morgan fingerprint density at radius 3 is 2.11 bits per heavy atom. The van der Waals surface area contributed by atoms with Crippen LogP contribution in [0.5, 0.6) is 0 Å². The summed E-state index contributed by atoms with van der Waals surface area (Å²) in [5.41, 5.74) is -0.0732. The molecule has 0 heterocycles. The smallest absolute Gasteiger partial charge is 0.326 e. The third kappa shape index (κ3) is 3.97. The Morgan fingerprint density at radius 2 is 1.72 bits per heavy atom. The summed E-state index contributed by atoms with van der Waals surface area (Å²) < 4.78 is 1.02. The van der Waals surface area contributed by atoms with E-state index in [1.165, 1.54) is 0 Å². The molecule has 0 saturated heterocycles. The molecule has 0 bridgehead atoms.